The zero-order chi connectivity index (χ0) is 20.4. The summed E-state index contributed by atoms with van der Waals surface area (Å²) in [6, 6.07) is -0.199. The highest BCUT2D eigenvalue weighted by molar-refractivity contribution is 7.91. The Hall–Kier alpha value is -1.35. The van der Waals surface area contributed by atoms with E-state index in [1.54, 1.807) is 11.8 Å². The van der Waals surface area contributed by atoms with Gasteiger partial charge in [0.25, 0.3) is 0 Å². The molecule has 2 aliphatic rings. The fourth-order valence-electron chi connectivity index (χ4n) is 4.36. The van der Waals surface area contributed by atoms with Gasteiger partial charge in [-0.05, 0) is 52.5 Å². The number of rotatable bonds is 7. The lowest BCUT2D eigenvalue weighted by Gasteiger charge is -2.44. The molecule has 2 amide bonds. The Morgan fingerprint density at radius 1 is 1.33 bits per heavy atom. The average Bonchev–Trinajstić information content (AvgIpc) is 2.93. The summed E-state index contributed by atoms with van der Waals surface area (Å²) in [5, 5.41) is 11.2. The van der Waals surface area contributed by atoms with Gasteiger partial charge in [-0.3, -0.25) is 4.79 Å². The van der Waals surface area contributed by atoms with Crippen LogP contribution >= 0.6 is 0 Å². The van der Waals surface area contributed by atoms with Crippen molar-refractivity contribution in [1.29, 1.82) is 0 Å². The SMILES string of the molecule is CCS(=O)(=O)C[C@@H]1C[C@H](N(C)C(C)C)CC[C@@H]1N1CC[C@H](NC(=O)O)C1=O. The molecule has 2 N–H and O–H groups in total. The van der Waals surface area contributed by atoms with E-state index in [1.807, 2.05) is 0 Å². The maximum absolute atomic E-state index is 12.7. The van der Waals surface area contributed by atoms with Gasteiger partial charge in [0.15, 0.2) is 0 Å². The van der Waals surface area contributed by atoms with Crippen molar-refractivity contribution >= 4 is 21.8 Å². The van der Waals surface area contributed by atoms with Crippen LogP contribution in [0.5, 0.6) is 0 Å². The minimum atomic E-state index is -3.17. The van der Waals surface area contributed by atoms with Crippen LogP contribution in [0, 0.1) is 5.92 Å². The summed E-state index contributed by atoms with van der Waals surface area (Å²) >= 11 is 0. The van der Waals surface area contributed by atoms with Crippen molar-refractivity contribution in [2.75, 3.05) is 25.1 Å². The molecule has 1 saturated carbocycles. The van der Waals surface area contributed by atoms with E-state index in [1.165, 1.54) is 0 Å². The Morgan fingerprint density at radius 2 is 2.00 bits per heavy atom. The Kier molecular flexibility index (Phi) is 7.13. The number of nitrogens with one attached hydrogen (secondary N) is 1. The molecular weight excluding hydrogens is 370 g/mol. The van der Waals surface area contributed by atoms with E-state index in [-0.39, 0.29) is 29.4 Å². The van der Waals surface area contributed by atoms with Crippen LogP contribution in [0.1, 0.15) is 46.5 Å². The largest absolute Gasteiger partial charge is 0.465 e. The fourth-order valence-corrected chi connectivity index (χ4v) is 5.61. The van der Waals surface area contributed by atoms with Gasteiger partial charge in [-0.2, -0.15) is 0 Å². The summed E-state index contributed by atoms with van der Waals surface area (Å²) in [5.41, 5.74) is 0. The molecule has 1 aliphatic carbocycles. The van der Waals surface area contributed by atoms with Gasteiger partial charge < -0.3 is 20.2 Å². The van der Waals surface area contributed by atoms with E-state index in [0.29, 0.717) is 25.0 Å². The zero-order valence-electron chi connectivity index (χ0n) is 16.7. The molecule has 1 aliphatic heterocycles. The molecule has 27 heavy (non-hydrogen) atoms. The quantitative estimate of drug-likeness (QED) is 0.661. The van der Waals surface area contributed by atoms with Crippen LogP contribution in [-0.2, 0) is 14.6 Å². The monoisotopic (exact) mass is 403 g/mol. The molecular formula is C18H33N3O5S. The van der Waals surface area contributed by atoms with Crippen molar-refractivity contribution in [3.05, 3.63) is 0 Å². The highest BCUT2D eigenvalue weighted by Gasteiger charge is 2.43. The van der Waals surface area contributed by atoms with Gasteiger partial charge in [-0.1, -0.05) is 6.92 Å². The Balaban J connectivity index is 2.18. The molecule has 0 spiro atoms. The summed E-state index contributed by atoms with van der Waals surface area (Å²) in [7, 11) is -1.10. The van der Waals surface area contributed by atoms with Gasteiger partial charge in [0.2, 0.25) is 5.91 Å². The maximum Gasteiger partial charge on any atom is 0.405 e. The number of hydrogen-bond donors (Lipinski definition) is 2. The third-order valence-electron chi connectivity index (χ3n) is 6.15. The highest BCUT2D eigenvalue weighted by Crippen LogP contribution is 2.35. The summed E-state index contributed by atoms with van der Waals surface area (Å²) in [4.78, 5) is 27.6. The molecule has 0 aromatic rings. The van der Waals surface area contributed by atoms with Crippen LogP contribution in [0.4, 0.5) is 4.79 Å². The van der Waals surface area contributed by atoms with E-state index < -0.39 is 22.0 Å². The molecule has 2 rings (SSSR count). The molecule has 0 radical (unpaired) electrons. The van der Waals surface area contributed by atoms with Crippen LogP contribution in [-0.4, -0.2) is 84.6 Å². The number of carbonyl (C=O) groups excluding carboxylic acids is 1. The van der Waals surface area contributed by atoms with Gasteiger partial charge in [0, 0.05) is 30.4 Å². The smallest absolute Gasteiger partial charge is 0.405 e. The predicted octanol–water partition coefficient (Wildman–Crippen LogP) is 1.17. The Labute approximate surface area is 162 Å². The second-order valence-electron chi connectivity index (χ2n) is 8.07. The number of likely N-dealkylation sites (tertiary alicyclic amines) is 1. The molecule has 1 heterocycles. The number of nitrogens with zero attached hydrogens (tertiary/aromatic N) is 2. The summed E-state index contributed by atoms with van der Waals surface area (Å²) < 4.78 is 24.6. The van der Waals surface area contributed by atoms with Crippen LogP contribution < -0.4 is 5.32 Å². The second-order valence-corrected chi connectivity index (χ2v) is 10.5. The minimum Gasteiger partial charge on any atom is -0.465 e. The summed E-state index contributed by atoms with van der Waals surface area (Å²) in [6.45, 7) is 6.37. The van der Waals surface area contributed by atoms with E-state index in [4.69, 9.17) is 5.11 Å². The molecule has 4 atom stereocenters. The van der Waals surface area contributed by atoms with Crippen molar-refractivity contribution in [2.24, 2.45) is 5.92 Å². The molecule has 156 valence electrons. The van der Waals surface area contributed by atoms with Crippen molar-refractivity contribution in [2.45, 2.75) is 70.6 Å². The average molecular weight is 404 g/mol. The van der Waals surface area contributed by atoms with Crippen molar-refractivity contribution < 1.29 is 23.1 Å². The number of carbonyl (C=O) groups is 2. The van der Waals surface area contributed by atoms with E-state index in [9.17, 15) is 18.0 Å². The molecule has 0 aromatic carbocycles. The molecule has 2 fully saturated rings. The lowest BCUT2D eigenvalue weighted by atomic mass is 9.81. The zero-order valence-corrected chi connectivity index (χ0v) is 17.5. The normalized spacial score (nSPS) is 29.6. The Bertz CT molecular complexity index is 651. The lowest BCUT2D eigenvalue weighted by molar-refractivity contribution is -0.133. The van der Waals surface area contributed by atoms with Gasteiger partial charge in [-0.15, -0.1) is 0 Å². The fraction of sp³-hybridized carbons (Fsp3) is 0.889. The summed E-state index contributed by atoms with van der Waals surface area (Å²) in [5.74, 6) is -0.172. The number of carboxylic acid groups (broad SMARTS) is 1. The second kappa shape index (κ2) is 8.77. The number of sulfone groups is 1. The predicted molar refractivity (Wildman–Crippen MR) is 103 cm³/mol. The van der Waals surface area contributed by atoms with Crippen molar-refractivity contribution in [3.63, 3.8) is 0 Å². The molecule has 0 bridgehead atoms. The molecule has 0 aromatic heterocycles. The first-order valence-electron chi connectivity index (χ1n) is 9.78. The Morgan fingerprint density at radius 3 is 2.56 bits per heavy atom. The van der Waals surface area contributed by atoms with Crippen LogP contribution in [0.15, 0.2) is 0 Å². The molecule has 9 heteroatoms. The van der Waals surface area contributed by atoms with Crippen molar-refractivity contribution in [1.82, 2.24) is 15.1 Å². The number of amides is 2. The summed E-state index contributed by atoms with van der Waals surface area (Å²) in [6.07, 6.45) is 1.62. The van der Waals surface area contributed by atoms with Crippen molar-refractivity contribution in [3.8, 4) is 0 Å². The first-order valence-corrected chi connectivity index (χ1v) is 11.6. The molecule has 8 nitrogen and oxygen atoms in total. The van der Waals surface area contributed by atoms with E-state index >= 15 is 0 Å². The number of hydrogen-bond acceptors (Lipinski definition) is 5. The molecule has 0 unspecified atom stereocenters. The topological polar surface area (TPSA) is 107 Å². The van der Waals surface area contributed by atoms with Gasteiger partial charge in [0.1, 0.15) is 15.9 Å². The highest BCUT2D eigenvalue weighted by atomic mass is 32.2. The molecule has 1 saturated heterocycles. The van der Waals surface area contributed by atoms with Gasteiger partial charge >= 0.3 is 6.09 Å². The van der Waals surface area contributed by atoms with E-state index in [2.05, 4.69) is 31.1 Å². The first-order chi connectivity index (χ1) is 12.6. The van der Waals surface area contributed by atoms with Crippen LogP contribution in [0.2, 0.25) is 0 Å². The first kappa shape index (κ1) is 21.9. The third-order valence-corrected chi connectivity index (χ3v) is 7.97. The van der Waals surface area contributed by atoms with Gasteiger partial charge in [-0.25, -0.2) is 13.2 Å². The van der Waals surface area contributed by atoms with Gasteiger partial charge in [0.05, 0.1) is 5.75 Å². The minimum absolute atomic E-state index is 0.0808. The van der Waals surface area contributed by atoms with E-state index in [0.717, 1.165) is 19.3 Å². The lowest BCUT2D eigenvalue weighted by Crippen LogP contribution is -2.53. The maximum atomic E-state index is 12.7. The standard InChI is InChI=1S/C18H33N3O5S/c1-5-27(25,26)11-13-10-14(20(4)12(2)3)6-7-16(13)21-9-8-15(17(21)22)19-18(23)24/h12-16,19H,5-11H2,1-4H3,(H,23,24)/t13-,14+,15-,16-/m0/s1. The van der Waals surface area contributed by atoms with Crippen LogP contribution in [0.25, 0.3) is 0 Å². The van der Waals surface area contributed by atoms with Crippen LogP contribution in [0.3, 0.4) is 0 Å². The third kappa shape index (κ3) is 5.34.